The summed E-state index contributed by atoms with van der Waals surface area (Å²) in [6.07, 6.45) is 4.04. The van der Waals surface area contributed by atoms with Gasteiger partial charge in [-0.05, 0) is 30.9 Å². The molecule has 0 saturated carbocycles. The Kier molecular flexibility index (Phi) is 9.57. The van der Waals surface area contributed by atoms with E-state index in [1.807, 2.05) is 18.5 Å². The van der Waals surface area contributed by atoms with Crippen molar-refractivity contribution in [2.45, 2.75) is 33.2 Å². The van der Waals surface area contributed by atoms with Crippen molar-refractivity contribution in [3.8, 4) is 0 Å². The van der Waals surface area contributed by atoms with Gasteiger partial charge in [-0.3, -0.25) is 0 Å². The number of ether oxygens (including phenoxy) is 1. The van der Waals surface area contributed by atoms with Gasteiger partial charge in [0.1, 0.15) is 12.4 Å². The predicted molar refractivity (Wildman–Crippen MR) is 132 cm³/mol. The van der Waals surface area contributed by atoms with Crippen LogP contribution in [-0.4, -0.2) is 52.5 Å². The molecule has 2 heterocycles. The molecule has 0 atom stereocenters. The van der Waals surface area contributed by atoms with Crippen LogP contribution in [0.2, 0.25) is 0 Å². The maximum atomic E-state index is 5.13. The molecule has 0 aliphatic rings. The number of H-pyrrole nitrogens is 1. The number of aliphatic imine (C=N–C) groups is 1. The molecule has 0 radical (unpaired) electrons. The minimum absolute atomic E-state index is 0. The Morgan fingerprint density at radius 1 is 1.20 bits per heavy atom. The average molecular weight is 525 g/mol. The molecular formula is C21H32IN7O. The van der Waals surface area contributed by atoms with Crippen LogP contribution in [0.3, 0.4) is 0 Å². The Bertz CT molecular complexity index is 964. The molecule has 0 aliphatic heterocycles. The quantitative estimate of drug-likeness (QED) is 0.173. The molecule has 30 heavy (non-hydrogen) atoms. The van der Waals surface area contributed by atoms with E-state index in [0.717, 1.165) is 37.0 Å². The summed E-state index contributed by atoms with van der Waals surface area (Å²) in [6, 6.07) is 6.50. The third kappa shape index (κ3) is 5.94. The summed E-state index contributed by atoms with van der Waals surface area (Å²) < 4.78 is 7.09. The molecule has 0 fully saturated rings. The van der Waals surface area contributed by atoms with Crippen molar-refractivity contribution in [1.29, 1.82) is 0 Å². The zero-order chi connectivity index (χ0) is 20.6. The van der Waals surface area contributed by atoms with Gasteiger partial charge < -0.3 is 24.9 Å². The summed E-state index contributed by atoms with van der Waals surface area (Å²) in [5.41, 5.74) is 3.90. The SMILES string of the molecule is CCc1cccc2c(CCNC(=NCc3nnc(C)n3C)NCCOC)c[nH]c12.I. The van der Waals surface area contributed by atoms with Crippen molar-refractivity contribution >= 4 is 40.8 Å². The Hall–Kier alpha value is -2.14. The van der Waals surface area contributed by atoms with Crippen LogP contribution in [-0.2, 0) is 31.2 Å². The second-order valence-electron chi connectivity index (χ2n) is 6.99. The number of benzene rings is 1. The van der Waals surface area contributed by atoms with Crippen LogP contribution >= 0.6 is 24.0 Å². The molecule has 3 N–H and O–H groups in total. The molecule has 164 valence electrons. The molecule has 1 aromatic carbocycles. The van der Waals surface area contributed by atoms with E-state index in [2.05, 4.69) is 62.1 Å². The average Bonchev–Trinajstić information content (AvgIpc) is 3.29. The van der Waals surface area contributed by atoms with Crippen molar-refractivity contribution in [2.24, 2.45) is 12.0 Å². The minimum Gasteiger partial charge on any atom is -0.383 e. The number of guanidine groups is 1. The lowest BCUT2D eigenvalue weighted by Gasteiger charge is -2.12. The van der Waals surface area contributed by atoms with Crippen molar-refractivity contribution in [3.63, 3.8) is 0 Å². The summed E-state index contributed by atoms with van der Waals surface area (Å²) >= 11 is 0. The van der Waals surface area contributed by atoms with E-state index in [-0.39, 0.29) is 24.0 Å². The number of aromatic amines is 1. The first-order valence-electron chi connectivity index (χ1n) is 10.1. The zero-order valence-corrected chi connectivity index (χ0v) is 20.5. The number of rotatable bonds is 9. The van der Waals surface area contributed by atoms with Gasteiger partial charge >= 0.3 is 0 Å². The number of hydrogen-bond donors (Lipinski definition) is 3. The van der Waals surface area contributed by atoms with E-state index in [9.17, 15) is 0 Å². The minimum atomic E-state index is 0. The molecule has 3 rings (SSSR count). The Labute approximate surface area is 194 Å². The number of aryl methyl sites for hydroxylation is 2. The number of nitrogens with one attached hydrogen (secondary N) is 3. The van der Waals surface area contributed by atoms with E-state index in [1.165, 1.54) is 22.0 Å². The number of hydrogen-bond acceptors (Lipinski definition) is 4. The standard InChI is InChI=1S/C21H31N7O.HI/c1-5-16-7-6-8-18-17(13-24-20(16)18)9-10-22-21(23-11-12-29-4)25-14-19-27-26-15(2)28(19)3;/h6-8,13,24H,5,9-12,14H2,1-4H3,(H2,22,23,25);1H. The van der Waals surface area contributed by atoms with Gasteiger partial charge in [0.25, 0.3) is 0 Å². The van der Waals surface area contributed by atoms with Crippen LogP contribution in [0.4, 0.5) is 0 Å². The highest BCUT2D eigenvalue weighted by atomic mass is 127. The van der Waals surface area contributed by atoms with E-state index >= 15 is 0 Å². The van der Waals surface area contributed by atoms with Gasteiger partial charge in [-0.2, -0.15) is 0 Å². The molecule has 0 amide bonds. The van der Waals surface area contributed by atoms with Crippen LogP contribution in [0.15, 0.2) is 29.4 Å². The molecule has 8 nitrogen and oxygen atoms in total. The zero-order valence-electron chi connectivity index (χ0n) is 18.2. The van der Waals surface area contributed by atoms with Crippen LogP contribution in [0.1, 0.15) is 29.7 Å². The lowest BCUT2D eigenvalue weighted by atomic mass is 10.1. The molecular weight excluding hydrogens is 493 g/mol. The van der Waals surface area contributed by atoms with Crippen molar-refractivity contribution in [1.82, 2.24) is 30.4 Å². The van der Waals surface area contributed by atoms with Crippen molar-refractivity contribution < 1.29 is 4.74 Å². The normalized spacial score (nSPS) is 11.5. The van der Waals surface area contributed by atoms with Crippen molar-refractivity contribution in [3.05, 3.63) is 47.2 Å². The van der Waals surface area contributed by atoms with Crippen molar-refractivity contribution in [2.75, 3.05) is 26.8 Å². The monoisotopic (exact) mass is 525 g/mol. The molecule has 9 heteroatoms. The maximum Gasteiger partial charge on any atom is 0.191 e. The van der Waals surface area contributed by atoms with Gasteiger partial charge in [-0.15, -0.1) is 34.2 Å². The number of nitrogens with zero attached hydrogens (tertiary/aromatic N) is 4. The van der Waals surface area contributed by atoms with E-state index in [0.29, 0.717) is 19.7 Å². The van der Waals surface area contributed by atoms with Gasteiger partial charge in [0.2, 0.25) is 0 Å². The van der Waals surface area contributed by atoms with E-state index < -0.39 is 0 Å². The number of methoxy groups -OCH3 is 1. The summed E-state index contributed by atoms with van der Waals surface area (Å²) in [6.45, 7) is 6.66. The second-order valence-corrected chi connectivity index (χ2v) is 6.99. The Morgan fingerprint density at radius 2 is 2.00 bits per heavy atom. The molecule has 2 aromatic heterocycles. The predicted octanol–water partition coefficient (Wildman–Crippen LogP) is 2.71. The first kappa shape index (κ1) is 24.1. The third-order valence-corrected chi connectivity index (χ3v) is 5.12. The Morgan fingerprint density at radius 3 is 2.70 bits per heavy atom. The lowest BCUT2D eigenvalue weighted by molar-refractivity contribution is 0.203. The fourth-order valence-corrected chi connectivity index (χ4v) is 3.28. The summed E-state index contributed by atoms with van der Waals surface area (Å²) in [7, 11) is 3.64. The van der Waals surface area contributed by atoms with E-state index in [1.54, 1.807) is 7.11 Å². The topological polar surface area (TPSA) is 92.2 Å². The molecule has 0 bridgehead atoms. The van der Waals surface area contributed by atoms with Gasteiger partial charge in [0.05, 0.1) is 6.61 Å². The molecule has 0 aliphatic carbocycles. The largest absolute Gasteiger partial charge is 0.383 e. The molecule has 0 saturated heterocycles. The number of aromatic nitrogens is 4. The highest BCUT2D eigenvalue weighted by Crippen LogP contribution is 2.22. The highest BCUT2D eigenvalue weighted by Gasteiger charge is 2.08. The highest BCUT2D eigenvalue weighted by molar-refractivity contribution is 14.0. The van der Waals surface area contributed by atoms with Gasteiger partial charge in [0.15, 0.2) is 11.8 Å². The molecule has 3 aromatic rings. The number of para-hydroxylation sites is 1. The summed E-state index contributed by atoms with van der Waals surface area (Å²) in [4.78, 5) is 8.09. The summed E-state index contributed by atoms with van der Waals surface area (Å²) in [5.74, 6) is 2.46. The smallest absolute Gasteiger partial charge is 0.191 e. The van der Waals surface area contributed by atoms with Gasteiger partial charge in [0, 0.05) is 44.3 Å². The third-order valence-electron chi connectivity index (χ3n) is 5.12. The molecule has 0 spiro atoms. The van der Waals surface area contributed by atoms with Gasteiger partial charge in [-0.1, -0.05) is 25.1 Å². The van der Waals surface area contributed by atoms with Crippen LogP contribution < -0.4 is 10.6 Å². The fraction of sp³-hybridized carbons (Fsp3) is 0.476. The lowest BCUT2D eigenvalue weighted by Crippen LogP contribution is -2.40. The maximum absolute atomic E-state index is 5.13. The van der Waals surface area contributed by atoms with Crippen LogP contribution in [0.5, 0.6) is 0 Å². The first-order chi connectivity index (χ1) is 14.1. The number of halogens is 1. The fourth-order valence-electron chi connectivity index (χ4n) is 3.28. The second kappa shape index (κ2) is 11.9. The summed E-state index contributed by atoms with van der Waals surface area (Å²) in [5, 5.41) is 16.3. The Balaban J connectivity index is 0.00000320. The van der Waals surface area contributed by atoms with Crippen LogP contribution in [0.25, 0.3) is 10.9 Å². The number of fused-ring (bicyclic) bond motifs is 1. The van der Waals surface area contributed by atoms with E-state index in [4.69, 9.17) is 4.74 Å². The van der Waals surface area contributed by atoms with Gasteiger partial charge in [-0.25, -0.2) is 4.99 Å². The van der Waals surface area contributed by atoms with Crippen LogP contribution in [0, 0.1) is 6.92 Å². The molecule has 0 unspecified atom stereocenters. The first-order valence-corrected chi connectivity index (χ1v) is 10.1.